The van der Waals surface area contributed by atoms with Gasteiger partial charge in [-0.3, -0.25) is 14.9 Å². The number of benzene rings is 1. The molecule has 1 fully saturated rings. The van der Waals surface area contributed by atoms with Gasteiger partial charge in [0.15, 0.2) is 0 Å². The van der Waals surface area contributed by atoms with Gasteiger partial charge >= 0.3 is 0 Å². The first kappa shape index (κ1) is 12.1. The van der Waals surface area contributed by atoms with Crippen molar-refractivity contribution < 1.29 is 9.59 Å². The van der Waals surface area contributed by atoms with Crippen LogP contribution >= 0.6 is 0 Å². The predicted octanol–water partition coefficient (Wildman–Crippen LogP) is 0.718. The highest BCUT2D eigenvalue weighted by Gasteiger charge is 2.31. The van der Waals surface area contributed by atoms with E-state index in [9.17, 15) is 9.59 Å². The fraction of sp³-hybridized carbons (Fsp3) is 0.308. The fourth-order valence-corrected chi connectivity index (χ4v) is 1.98. The average Bonchev–Trinajstić information content (AvgIpc) is 2.33. The molecule has 1 aliphatic heterocycles. The lowest BCUT2D eigenvalue weighted by molar-refractivity contribution is -0.132. The van der Waals surface area contributed by atoms with E-state index in [1.54, 1.807) is 17.9 Å². The zero-order valence-corrected chi connectivity index (χ0v) is 10.2. The number of imide groups is 1. The molecule has 1 N–H and O–H groups in total. The molecule has 1 heterocycles. The smallest absolute Gasteiger partial charge is 0.249 e. The third-order valence-corrected chi connectivity index (χ3v) is 3.01. The quantitative estimate of drug-likeness (QED) is 0.737. The van der Waals surface area contributed by atoms with E-state index in [1.165, 1.54) is 0 Å². The summed E-state index contributed by atoms with van der Waals surface area (Å²) in [6.45, 7) is 3.71. The molecule has 2 rings (SSSR count). The Morgan fingerprint density at radius 3 is 2.83 bits per heavy atom. The van der Waals surface area contributed by atoms with Crippen LogP contribution in [-0.2, 0) is 9.59 Å². The lowest BCUT2D eigenvalue weighted by Gasteiger charge is -2.34. The number of carbonyl (C=O) groups is 2. The number of hydrogen-bond donors (Lipinski definition) is 1. The number of hydrogen-bond acceptors (Lipinski definition) is 4. The molecule has 92 valence electrons. The van der Waals surface area contributed by atoms with Crippen molar-refractivity contribution in [1.82, 2.24) is 5.32 Å². The summed E-state index contributed by atoms with van der Waals surface area (Å²) < 4.78 is 0. The summed E-state index contributed by atoms with van der Waals surface area (Å²) >= 11 is 0. The van der Waals surface area contributed by atoms with Gasteiger partial charge in [-0.15, -0.1) is 0 Å². The van der Waals surface area contributed by atoms with Crippen LogP contribution in [0.5, 0.6) is 0 Å². The summed E-state index contributed by atoms with van der Waals surface area (Å²) in [6, 6.07) is 6.98. The predicted molar refractivity (Wildman–Crippen MR) is 65.9 cm³/mol. The molecule has 1 aromatic rings. The zero-order chi connectivity index (χ0) is 13.3. The van der Waals surface area contributed by atoms with Crippen molar-refractivity contribution in [3.8, 4) is 6.07 Å². The molecule has 2 amide bonds. The van der Waals surface area contributed by atoms with E-state index in [4.69, 9.17) is 5.26 Å². The highest BCUT2D eigenvalue weighted by Crippen LogP contribution is 2.24. The zero-order valence-electron chi connectivity index (χ0n) is 10.2. The highest BCUT2D eigenvalue weighted by molar-refractivity contribution is 6.04. The van der Waals surface area contributed by atoms with E-state index in [0.717, 1.165) is 5.56 Å². The maximum absolute atomic E-state index is 11.6. The largest absolute Gasteiger partial charge is 0.349 e. The molecule has 0 saturated carbocycles. The second-order valence-corrected chi connectivity index (χ2v) is 4.35. The van der Waals surface area contributed by atoms with E-state index < -0.39 is 6.04 Å². The number of nitriles is 1. The molecular weight excluding hydrogens is 230 g/mol. The molecule has 0 radical (unpaired) electrons. The Hall–Kier alpha value is -2.35. The van der Waals surface area contributed by atoms with Crippen molar-refractivity contribution in [2.45, 2.75) is 19.9 Å². The monoisotopic (exact) mass is 243 g/mol. The van der Waals surface area contributed by atoms with E-state index >= 15 is 0 Å². The van der Waals surface area contributed by atoms with Crippen LogP contribution in [-0.4, -0.2) is 24.4 Å². The number of carbonyl (C=O) groups excluding carboxylic acids is 2. The number of aryl methyl sites for hydroxylation is 1. The molecule has 5 nitrogen and oxygen atoms in total. The Balaban J connectivity index is 2.47. The number of piperazine rings is 1. The standard InChI is InChI=1S/C13H13N3O2/c1-8-3-4-10(6-14)11(5-8)16-7-12(17)15-13(18)9(16)2/h3-5,9H,7H2,1-2H3,(H,15,17,18). The van der Waals surface area contributed by atoms with Gasteiger partial charge in [0, 0.05) is 0 Å². The SMILES string of the molecule is Cc1ccc(C#N)c(N2CC(=O)NC(=O)C2C)c1. The fourth-order valence-electron chi connectivity index (χ4n) is 1.98. The van der Waals surface area contributed by atoms with Gasteiger partial charge < -0.3 is 4.90 Å². The van der Waals surface area contributed by atoms with Crippen LogP contribution in [0, 0.1) is 18.3 Å². The molecule has 0 bridgehead atoms. The topological polar surface area (TPSA) is 73.2 Å². The molecule has 1 aliphatic rings. The number of anilines is 1. The third-order valence-electron chi connectivity index (χ3n) is 3.01. The van der Waals surface area contributed by atoms with Gasteiger partial charge in [-0.2, -0.15) is 5.26 Å². The van der Waals surface area contributed by atoms with Crippen LogP contribution in [0.4, 0.5) is 5.69 Å². The molecule has 1 aromatic carbocycles. The van der Waals surface area contributed by atoms with Crippen molar-refractivity contribution >= 4 is 17.5 Å². The van der Waals surface area contributed by atoms with Gasteiger partial charge in [-0.1, -0.05) is 6.07 Å². The molecule has 0 aromatic heterocycles. The van der Waals surface area contributed by atoms with E-state index in [-0.39, 0.29) is 18.4 Å². The molecule has 0 spiro atoms. The first-order valence-electron chi connectivity index (χ1n) is 5.64. The van der Waals surface area contributed by atoms with Crippen LogP contribution < -0.4 is 10.2 Å². The molecule has 18 heavy (non-hydrogen) atoms. The second-order valence-electron chi connectivity index (χ2n) is 4.35. The Bertz CT molecular complexity index is 560. The first-order chi connectivity index (χ1) is 8.52. The van der Waals surface area contributed by atoms with Crippen LogP contribution in [0.15, 0.2) is 18.2 Å². The lowest BCUT2D eigenvalue weighted by Crippen LogP contribution is -2.57. The van der Waals surface area contributed by atoms with Gasteiger partial charge in [0.2, 0.25) is 11.8 Å². The minimum Gasteiger partial charge on any atom is -0.349 e. The maximum atomic E-state index is 11.6. The Labute approximate surface area is 105 Å². The summed E-state index contributed by atoms with van der Waals surface area (Å²) in [7, 11) is 0. The highest BCUT2D eigenvalue weighted by atomic mass is 16.2. The number of nitrogens with one attached hydrogen (secondary N) is 1. The van der Waals surface area contributed by atoms with Gasteiger partial charge in [0.05, 0.1) is 17.8 Å². The van der Waals surface area contributed by atoms with Gasteiger partial charge in [0.25, 0.3) is 0 Å². The van der Waals surface area contributed by atoms with Crippen molar-refractivity contribution in [3.63, 3.8) is 0 Å². The van der Waals surface area contributed by atoms with Crippen molar-refractivity contribution in [2.75, 3.05) is 11.4 Å². The number of rotatable bonds is 1. The van der Waals surface area contributed by atoms with E-state index in [1.807, 2.05) is 19.1 Å². The summed E-state index contributed by atoms with van der Waals surface area (Å²) in [5.74, 6) is -0.680. The molecular formula is C13H13N3O2. The summed E-state index contributed by atoms with van der Waals surface area (Å²) in [5.41, 5.74) is 2.08. The van der Waals surface area contributed by atoms with Crippen LogP contribution in [0.1, 0.15) is 18.1 Å². The third kappa shape index (κ3) is 2.05. The number of nitrogens with zero attached hydrogens (tertiary/aromatic N) is 2. The summed E-state index contributed by atoms with van der Waals surface area (Å²) in [4.78, 5) is 24.7. The minimum atomic E-state index is -0.461. The van der Waals surface area contributed by atoms with Gasteiger partial charge in [-0.05, 0) is 31.5 Å². The Morgan fingerprint density at radius 2 is 2.17 bits per heavy atom. The maximum Gasteiger partial charge on any atom is 0.249 e. The van der Waals surface area contributed by atoms with Crippen LogP contribution in [0.3, 0.4) is 0 Å². The van der Waals surface area contributed by atoms with Crippen LogP contribution in [0.2, 0.25) is 0 Å². The van der Waals surface area contributed by atoms with Crippen molar-refractivity contribution in [3.05, 3.63) is 29.3 Å². The van der Waals surface area contributed by atoms with E-state index in [0.29, 0.717) is 11.3 Å². The first-order valence-corrected chi connectivity index (χ1v) is 5.64. The lowest BCUT2D eigenvalue weighted by atomic mass is 10.1. The Kier molecular flexibility index (Phi) is 3.02. The molecule has 1 atom stereocenters. The molecule has 5 heteroatoms. The molecule has 1 saturated heterocycles. The molecule has 1 unspecified atom stereocenters. The second kappa shape index (κ2) is 4.49. The van der Waals surface area contributed by atoms with Crippen LogP contribution in [0.25, 0.3) is 0 Å². The van der Waals surface area contributed by atoms with Gasteiger partial charge in [-0.25, -0.2) is 0 Å². The summed E-state index contributed by atoms with van der Waals surface area (Å²) in [6.07, 6.45) is 0. The summed E-state index contributed by atoms with van der Waals surface area (Å²) in [5, 5.41) is 11.4. The van der Waals surface area contributed by atoms with Gasteiger partial charge in [0.1, 0.15) is 12.1 Å². The Morgan fingerprint density at radius 1 is 1.44 bits per heavy atom. The number of amides is 2. The van der Waals surface area contributed by atoms with Crippen molar-refractivity contribution in [1.29, 1.82) is 5.26 Å². The molecule has 0 aliphatic carbocycles. The average molecular weight is 243 g/mol. The van der Waals surface area contributed by atoms with Crippen molar-refractivity contribution in [2.24, 2.45) is 0 Å². The minimum absolute atomic E-state index is 0.0883. The van der Waals surface area contributed by atoms with E-state index in [2.05, 4.69) is 11.4 Å². The normalized spacial score (nSPS) is 19.4.